The highest BCUT2D eigenvalue weighted by atomic mass is 15.1. The van der Waals surface area contributed by atoms with E-state index in [1.807, 2.05) is 20.0 Å². The average molecular weight is 206 g/mol. The molecule has 0 saturated carbocycles. The van der Waals surface area contributed by atoms with Crippen molar-refractivity contribution in [1.29, 1.82) is 0 Å². The van der Waals surface area contributed by atoms with E-state index in [9.17, 15) is 0 Å². The Hall–Kier alpha value is -0.890. The van der Waals surface area contributed by atoms with Gasteiger partial charge in [-0.3, -0.25) is 9.88 Å². The van der Waals surface area contributed by atoms with Gasteiger partial charge in [0.2, 0.25) is 0 Å². The van der Waals surface area contributed by atoms with Crippen molar-refractivity contribution in [2.45, 2.75) is 40.2 Å². The molecular formula is C13H22N2. The summed E-state index contributed by atoms with van der Waals surface area (Å²) < 4.78 is 0. The van der Waals surface area contributed by atoms with Crippen molar-refractivity contribution in [3.63, 3.8) is 0 Å². The van der Waals surface area contributed by atoms with Crippen LogP contribution in [-0.4, -0.2) is 23.0 Å². The lowest BCUT2D eigenvalue weighted by Gasteiger charge is -2.13. The topological polar surface area (TPSA) is 16.1 Å². The van der Waals surface area contributed by atoms with Crippen LogP contribution in [0.1, 0.15) is 37.9 Å². The Morgan fingerprint density at radius 1 is 1.20 bits per heavy atom. The maximum absolute atomic E-state index is 4.40. The Balaban J connectivity index is 0.000000531. The Morgan fingerprint density at radius 3 is 2.40 bits per heavy atom. The van der Waals surface area contributed by atoms with Gasteiger partial charge in [0.05, 0.1) is 5.69 Å². The second-order valence-electron chi connectivity index (χ2n) is 3.81. The first-order valence-electron chi connectivity index (χ1n) is 5.98. The molecule has 1 aliphatic heterocycles. The Labute approximate surface area is 93.3 Å². The van der Waals surface area contributed by atoms with Gasteiger partial charge in [-0.2, -0.15) is 0 Å². The van der Waals surface area contributed by atoms with Crippen LogP contribution in [0.5, 0.6) is 0 Å². The SMILES string of the molecule is CC.Cc1ccc(CN2CCCC2)nc1. The van der Waals surface area contributed by atoms with Crippen molar-refractivity contribution in [2.24, 2.45) is 0 Å². The lowest BCUT2D eigenvalue weighted by atomic mass is 10.2. The summed E-state index contributed by atoms with van der Waals surface area (Å²) in [6.45, 7) is 9.60. The van der Waals surface area contributed by atoms with Crippen molar-refractivity contribution < 1.29 is 0 Å². The van der Waals surface area contributed by atoms with E-state index in [0.717, 1.165) is 6.54 Å². The van der Waals surface area contributed by atoms with E-state index in [4.69, 9.17) is 0 Å². The molecule has 0 atom stereocenters. The van der Waals surface area contributed by atoms with Gasteiger partial charge in [-0.15, -0.1) is 0 Å². The van der Waals surface area contributed by atoms with E-state index in [2.05, 4.69) is 28.9 Å². The largest absolute Gasteiger partial charge is 0.298 e. The number of likely N-dealkylation sites (tertiary alicyclic amines) is 1. The standard InChI is InChI=1S/C11H16N2.C2H6/c1-10-4-5-11(12-8-10)9-13-6-2-3-7-13;1-2/h4-5,8H,2-3,6-7,9H2,1H3;1-2H3. The summed E-state index contributed by atoms with van der Waals surface area (Å²) >= 11 is 0. The van der Waals surface area contributed by atoms with Crippen LogP contribution >= 0.6 is 0 Å². The third-order valence-electron chi connectivity index (χ3n) is 2.56. The third-order valence-corrected chi connectivity index (χ3v) is 2.56. The number of hydrogen-bond acceptors (Lipinski definition) is 2. The summed E-state index contributed by atoms with van der Waals surface area (Å²) in [4.78, 5) is 6.87. The van der Waals surface area contributed by atoms with Crippen LogP contribution in [0.15, 0.2) is 18.3 Å². The van der Waals surface area contributed by atoms with E-state index in [1.165, 1.54) is 37.2 Å². The quantitative estimate of drug-likeness (QED) is 0.739. The first kappa shape index (κ1) is 12.2. The van der Waals surface area contributed by atoms with Gasteiger partial charge < -0.3 is 0 Å². The van der Waals surface area contributed by atoms with Crippen LogP contribution < -0.4 is 0 Å². The van der Waals surface area contributed by atoms with Gasteiger partial charge in [0, 0.05) is 12.7 Å². The minimum absolute atomic E-state index is 1.03. The number of nitrogens with zero attached hydrogens (tertiary/aromatic N) is 2. The predicted molar refractivity (Wildman–Crippen MR) is 64.8 cm³/mol. The Morgan fingerprint density at radius 2 is 1.87 bits per heavy atom. The lowest BCUT2D eigenvalue weighted by molar-refractivity contribution is 0.327. The second kappa shape index (κ2) is 6.57. The molecule has 84 valence electrons. The molecule has 1 aromatic rings. The number of hydrogen-bond donors (Lipinski definition) is 0. The van der Waals surface area contributed by atoms with Crippen molar-refractivity contribution in [2.75, 3.05) is 13.1 Å². The minimum atomic E-state index is 1.03. The molecule has 0 aromatic carbocycles. The molecule has 2 nitrogen and oxygen atoms in total. The normalized spacial score (nSPS) is 15.9. The molecule has 2 heteroatoms. The molecule has 0 unspecified atom stereocenters. The van der Waals surface area contributed by atoms with Crippen molar-refractivity contribution >= 4 is 0 Å². The third kappa shape index (κ3) is 4.00. The maximum atomic E-state index is 4.40. The summed E-state index contributed by atoms with van der Waals surface area (Å²) in [6.07, 6.45) is 4.66. The minimum Gasteiger partial charge on any atom is -0.298 e. The summed E-state index contributed by atoms with van der Waals surface area (Å²) in [5.74, 6) is 0. The second-order valence-corrected chi connectivity index (χ2v) is 3.81. The smallest absolute Gasteiger partial charge is 0.0544 e. The highest BCUT2D eigenvalue weighted by Crippen LogP contribution is 2.11. The van der Waals surface area contributed by atoms with E-state index >= 15 is 0 Å². The zero-order chi connectivity index (χ0) is 11.1. The highest BCUT2D eigenvalue weighted by molar-refractivity contribution is 5.12. The molecule has 0 spiro atoms. The van der Waals surface area contributed by atoms with Gasteiger partial charge in [-0.25, -0.2) is 0 Å². The zero-order valence-electron chi connectivity index (χ0n) is 10.2. The average Bonchev–Trinajstić information content (AvgIpc) is 2.77. The Kier molecular flexibility index (Phi) is 5.33. The summed E-state index contributed by atoms with van der Waals surface area (Å²) in [5.41, 5.74) is 2.44. The first-order chi connectivity index (χ1) is 7.34. The van der Waals surface area contributed by atoms with Gasteiger partial charge >= 0.3 is 0 Å². The fourth-order valence-corrected chi connectivity index (χ4v) is 1.76. The molecule has 1 aliphatic rings. The summed E-state index contributed by atoms with van der Waals surface area (Å²) in [6, 6.07) is 4.27. The molecule has 15 heavy (non-hydrogen) atoms. The zero-order valence-corrected chi connectivity index (χ0v) is 10.2. The van der Waals surface area contributed by atoms with Crippen LogP contribution in [0, 0.1) is 6.92 Å². The molecule has 2 rings (SSSR count). The van der Waals surface area contributed by atoms with E-state index in [0.29, 0.717) is 0 Å². The van der Waals surface area contributed by atoms with Crippen LogP contribution in [0.4, 0.5) is 0 Å². The van der Waals surface area contributed by atoms with Crippen molar-refractivity contribution in [1.82, 2.24) is 9.88 Å². The molecule has 0 aliphatic carbocycles. The predicted octanol–water partition coefficient (Wildman–Crippen LogP) is 3.01. The van der Waals surface area contributed by atoms with Crippen molar-refractivity contribution in [3.05, 3.63) is 29.6 Å². The number of aromatic nitrogens is 1. The van der Waals surface area contributed by atoms with Crippen LogP contribution in [-0.2, 0) is 6.54 Å². The van der Waals surface area contributed by atoms with E-state index < -0.39 is 0 Å². The highest BCUT2D eigenvalue weighted by Gasteiger charge is 2.11. The molecule has 1 aromatic heterocycles. The van der Waals surface area contributed by atoms with Gasteiger partial charge in [-0.1, -0.05) is 19.9 Å². The molecule has 0 amide bonds. The van der Waals surface area contributed by atoms with Crippen LogP contribution in [0.25, 0.3) is 0 Å². The van der Waals surface area contributed by atoms with Gasteiger partial charge in [-0.05, 0) is 44.5 Å². The van der Waals surface area contributed by atoms with Crippen LogP contribution in [0.2, 0.25) is 0 Å². The fraction of sp³-hybridized carbons (Fsp3) is 0.615. The number of rotatable bonds is 2. The van der Waals surface area contributed by atoms with E-state index in [-0.39, 0.29) is 0 Å². The van der Waals surface area contributed by atoms with Gasteiger partial charge in [0.15, 0.2) is 0 Å². The number of aryl methyl sites for hydroxylation is 1. The lowest BCUT2D eigenvalue weighted by Crippen LogP contribution is -2.18. The molecule has 0 N–H and O–H groups in total. The number of pyridine rings is 1. The fourth-order valence-electron chi connectivity index (χ4n) is 1.76. The Bertz CT molecular complexity index is 260. The molecule has 0 bridgehead atoms. The van der Waals surface area contributed by atoms with Gasteiger partial charge in [0.1, 0.15) is 0 Å². The molecule has 1 saturated heterocycles. The summed E-state index contributed by atoms with van der Waals surface area (Å²) in [5, 5.41) is 0. The maximum Gasteiger partial charge on any atom is 0.0544 e. The van der Waals surface area contributed by atoms with E-state index in [1.54, 1.807) is 0 Å². The van der Waals surface area contributed by atoms with Crippen LogP contribution in [0.3, 0.4) is 0 Å². The van der Waals surface area contributed by atoms with Gasteiger partial charge in [0.25, 0.3) is 0 Å². The molecule has 1 fully saturated rings. The monoisotopic (exact) mass is 206 g/mol. The van der Waals surface area contributed by atoms with Crippen molar-refractivity contribution in [3.8, 4) is 0 Å². The molecule has 0 radical (unpaired) electrons. The summed E-state index contributed by atoms with van der Waals surface area (Å²) in [7, 11) is 0. The molecular weight excluding hydrogens is 184 g/mol. The first-order valence-corrected chi connectivity index (χ1v) is 5.98. The molecule has 2 heterocycles.